The van der Waals surface area contributed by atoms with Crippen LogP contribution in [0.3, 0.4) is 0 Å². The fourth-order valence-corrected chi connectivity index (χ4v) is 4.00. The first-order valence-corrected chi connectivity index (χ1v) is 10.4. The molecule has 0 aromatic heterocycles. The minimum atomic E-state index is -0.276. The summed E-state index contributed by atoms with van der Waals surface area (Å²) in [4.78, 5) is 32.8. The van der Waals surface area contributed by atoms with Gasteiger partial charge < -0.3 is 4.90 Å². The topological polar surface area (TPSA) is 58.6 Å². The standard InChI is InChI=1S/C20H30N2O3S/c1-15(2)13-25-21-20(24)17-11-7-8-12-18(17)26-14-19(23)22(3)16-9-5-4-6-10-16/h7-8,11-12,15-16H,4-6,9-10,13-14H2,1-3H3,(H,21,24). The van der Waals surface area contributed by atoms with Crippen LogP contribution in [0.1, 0.15) is 56.3 Å². The number of benzene rings is 1. The first kappa shape index (κ1) is 20.8. The van der Waals surface area contributed by atoms with Crippen molar-refractivity contribution in [2.75, 3.05) is 19.4 Å². The van der Waals surface area contributed by atoms with Gasteiger partial charge in [0.2, 0.25) is 5.91 Å². The summed E-state index contributed by atoms with van der Waals surface area (Å²) < 4.78 is 0. The quantitative estimate of drug-likeness (QED) is 0.551. The minimum Gasteiger partial charge on any atom is -0.342 e. The van der Waals surface area contributed by atoms with Crippen molar-refractivity contribution in [1.82, 2.24) is 10.4 Å². The molecule has 144 valence electrons. The highest BCUT2D eigenvalue weighted by atomic mass is 32.2. The van der Waals surface area contributed by atoms with Gasteiger partial charge >= 0.3 is 0 Å². The van der Waals surface area contributed by atoms with Gasteiger partial charge in [0.1, 0.15) is 0 Å². The third-order valence-corrected chi connectivity index (χ3v) is 5.64. The SMILES string of the molecule is CC(C)CONC(=O)c1ccccc1SCC(=O)N(C)C1CCCCC1. The van der Waals surface area contributed by atoms with Crippen molar-refractivity contribution < 1.29 is 14.4 Å². The summed E-state index contributed by atoms with van der Waals surface area (Å²) in [5.74, 6) is 0.521. The fraction of sp³-hybridized carbons (Fsp3) is 0.600. The molecule has 6 heteroatoms. The summed E-state index contributed by atoms with van der Waals surface area (Å²) in [5.41, 5.74) is 3.02. The van der Waals surface area contributed by atoms with Gasteiger partial charge in [0.05, 0.1) is 17.9 Å². The lowest BCUT2D eigenvalue weighted by atomic mass is 9.94. The Balaban J connectivity index is 1.90. The number of nitrogens with one attached hydrogen (secondary N) is 1. The Morgan fingerprint density at radius 3 is 2.62 bits per heavy atom. The largest absolute Gasteiger partial charge is 0.342 e. The number of carbonyl (C=O) groups is 2. The van der Waals surface area contributed by atoms with Gasteiger partial charge in [0, 0.05) is 18.0 Å². The second kappa shape index (κ2) is 10.6. The first-order valence-electron chi connectivity index (χ1n) is 9.38. The zero-order chi connectivity index (χ0) is 18.9. The van der Waals surface area contributed by atoms with E-state index in [0.29, 0.717) is 29.9 Å². The molecule has 0 aliphatic heterocycles. The number of amides is 2. The van der Waals surface area contributed by atoms with Gasteiger partial charge in [-0.15, -0.1) is 11.8 Å². The van der Waals surface area contributed by atoms with E-state index in [4.69, 9.17) is 4.84 Å². The molecule has 2 amide bonds. The molecule has 26 heavy (non-hydrogen) atoms. The molecule has 1 saturated carbocycles. The van der Waals surface area contributed by atoms with Crippen molar-refractivity contribution in [2.24, 2.45) is 5.92 Å². The van der Waals surface area contributed by atoms with Crippen molar-refractivity contribution in [2.45, 2.75) is 56.9 Å². The number of hydrogen-bond acceptors (Lipinski definition) is 4. The highest BCUT2D eigenvalue weighted by molar-refractivity contribution is 8.00. The van der Waals surface area contributed by atoms with E-state index in [9.17, 15) is 9.59 Å². The van der Waals surface area contributed by atoms with E-state index < -0.39 is 0 Å². The smallest absolute Gasteiger partial charge is 0.275 e. The van der Waals surface area contributed by atoms with Crippen LogP contribution in [0.4, 0.5) is 0 Å². The van der Waals surface area contributed by atoms with Crippen LogP contribution in [0.25, 0.3) is 0 Å². The van der Waals surface area contributed by atoms with E-state index >= 15 is 0 Å². The summed E-state index contributed by atoms with van der Waals surface area (Å²) in [7, 11) is 1.90. The molecule has 0 radical (unpaired) electrons. The molecule has 1 fully saturated rings. The van der Waals surface area contributed by atoms with E-state index in [1.54, 1.807) is 6.07 Å². The van der Waals surface area contributed by atoms with E-state index in [1.165, 1.54) is 31.0 Å². The number of hydrogen-bond donors (Lipinski definition) is 1. The molecular formula is C20H30N2O3S. The summed E-state index contributed by atoms with van der Waals surface area (Å²) in [6, 6.07) is 7.68. The van der Waals surface area contributed by atoms with Crippen molar-refractivity contribution in [1.29, 1.82) is 0 Å². The second-order valence-corrected chi connectivity index (χ2v) is 8.23. The van der Waals surface area contributed by atoms with Crippen LogP contribution in [0, 0.1) is 5.92 Å². The lowest BCUT2D eigenvalue weighted by Gasteiger charge is -2.31. The number of carbonyl (C=O) groups excluding carboxylic acids is 2. The van der Waals surface area contributed by atoms with Gasteiger partial charge in [0.15, 0.2) is 0 Å². The molecule has 0 saturated heterocycles. The van der Waals surface area contributed by atoms with Gasteiger partial charge in [-0.05, 0) is 30.9 Å². The molecule has 0 bridgehead atoms. The van der Waals surface area contributed by atoms with Crippen molar-refractivity contribution >= 4 is 23.6 Å². The summed E-state index contributed by atoms with van der Waals surface area (Å²) in [6.45, 7) is 4.50. The van der Waals surface area contributed by atoms with Gasteiger partial charge in [-0.25, -0.2) is 5.48 Å². The number of thioether (sulfide) groups is 1. The Morgan fingerprint density at radius 2 is 1.92 bits per heavy atom. The minimum absolute atomic E-state index is 0.119. The fourth-order valence-electron chi connectivity index (χ4n) is 3.02. The molecule has 2 rings (SSSR count). The lowest BCUT2D eigenvalue weighted by Crippen LogP contribution is -2.39. The van der Waals surface area contributed by atoms with Crippen LogP contribution >= 0.6 is 11.8 Å². The normalized spacial score (nSPS) is 15.1. The maximum absolute atomic E-state index is 12.5. The molecule has 0 heterocycles. The Bertz CT molecular complexity index is 600. The molecule has 0 spiro atoms. The molecule has 0 atom stereocenters. The van der Waals surface area contributed by atoms with E-state index in [1.807, 2.05) is 44.0 Å². The van der Waals surface area contributed by atoms with Gasteiger partial charge in [-0.3, -0.25) is 14.4 Å². The summed E-state index contributed by atoms with van der Waals surface area (Å²) in [5, 5.41) is 0. The van der Waals surface area contributed by atoms with Gasteiger partial charge in [0.25, 0.3) is 5.91 Å². The Kier molecular flexibility index (Phi) is 8.45. The number of hydroxylamine groups is 1. The Hall–Kier alpha value is -1.53. The highest BCUT2D eigenvalue weighted by Gasteiger charge is 2.22. The molecule has 1 aliphatic carbocycles. The molecule has 0 unspecified atom stereocenters. The van der Waals surface area contributed by atoms with E-state index in [-0.39, 0.29) is 11.8 Å². The summed E-state index contributed by atoms with van der Waals surface area (Å²) >= 11 is 1.41. The average Bonchev–Trinajstić information content (AvgIpc) is 2.66. The van der Waals surface area contributed by atoms with Crippen LogP contribution in [0.5, 0.6) is 0 Å². The predicted molar refractivity (Wildman–Crippen MR) is 105 cm³/mol. The monoisotopic (exact) mass is 378 g/mol. The maximum Gasteiger partial charge on any atom is 0.275 e. The van der Waals surface area contributed by atoms with Crippen molar-refractivity contribution in [3.05, 3.63) is 29.8 Å². The molecule has 1 N–H and O–H groups in total. The molecule has 5 nitrogen and oxygen atoms in total. The zero-order valence-electron chi connectivity index (χ0n) is 16.0. The third kappa shape index (κ3) is 6.32. The maximum atomic E-state index is 12.5. The first-order chi connectivity index (χ1) is 12.5. The molecule has 1 aliphatic rings. The molecule has 1 aromatic rings. The van der Waals surface area contributed by atoms with E-state index in [0.717, 1.165) is 17.7 Å². The van der Waals surface area contributed by atoms with Gasteiger partial charge in [-0.2, -0.15) is 0 Å². The number of rotatable bonds is 8. The highest BCUT2D eigenvalue weighted by Crippen LogP contribution is 2.25. The van der Waals surface area contributed by atoms with Gasteiger partial charge in [-0.1, -0.05) is 45.2 Å². The molecule has 1 aromatic carbocycles. The van der Waals surface area contributed by atoms with Crippen LogP contribution in [-0.2, 0) is 9.63 Å². The predicted octanol–water partition coefficient (Wildman–Crippen LogP) is 3.89. The second-order valence-electron chi connectivity index (χ2n) is 7.22. The molecular weight excluding hydrogens is 348 g/mol. The van der Waals surface area contributed by atoms with Crippen LogP contribution in [-0.4, -0.2) is 42.2 Å². The van der Waals surface area contributed by atoms with Crippen LogP contribution < -0.4 is 5.48 Å². The summed E-state index contributed by atoms with van der Waals surface area (Å²) in [6.07, 6.45) is 5.87. The Labute approximate surface area is 160 Å². The lowest BCUT2D eigenvalue weighted by molar-refractivity contribution is -0.129. The number of nitrogens with zero attached hydrogens (tertiary/aromatic N) is 1. The van der Waals surface area contributed by atoms with E-state index in [2.05, 4.69) is 5.48 Å². The van der Waals surface area contributed by atoms with Crippen LogP contribution in [0.2, 0.25) is 0 Å². The van der Waals surface area contributed by atoms with Crippen molar-refractivity contribution in [3.8, 4) is 0 Å². The zero-order valence-corrected chi connectivity index (χ0v) is 16.8. The average molecular weight is 379 g/mol. The third-order valence-electron chi connectivity index (χ3n) is 4.58. The van der Waals surface area contributed by atoms with Crippen LogP contribution in [0.15, 0.2) is 29.2 Å². The Morgan fingerprint density at radius 1 is 1.23 bits per heavy atom. The van der Waals surface area contributed by atoms with Crippen molar-refractivity contribution in [3.63, 3.8) is 0 Å².